The maximum absolute atomic E-state index is 14.2. The molecule has 0 aliphatic rings. The van der Waals surface area contributed by atoms with Crippen molar-refractivity contribution in [3.63, 3.8) is 0 Å². The van der Waals surface area contributed by atoms with Gasteiger partial charge in [0.2, 0.25) is 0 Å². The molecule has 0 amide bonds. The molecule has 0 aliphatic heterocycles. The SMILES string of the molecule is CC(C)c1cc(Cl)c(F)c(C(C)C)c1C(C)C.CC(C)c1cc(F)c(F)c(C(C)C)c1C(C)C.CC(C)c1ccc(C(C)C)c(C(C)C)c1C(C)C.CC(C)c1ccc(Cl)c(C(C)C)c1C(C)C.CC(C)c1ccc(F)c(C(C)C)c1C(C)C.Cc1ccc(C(C)C)c(C(C)C)c1C(C)C.Cc1ccc(C(C)C)c(C(C)C)c1C(C)C. The first kappa shape index (κ1) is 109. The molecule has 0 atom stereocenters. The molecule has 0 heterocycles. The van der Waals surface area contributed by atoms with E-state index in [9.17, 15) is 17.6 Å². The molecular formula is C110H172Cl2F4. The van der Waals surface area contributed by atoms with Crippen LogP contribution in [0, 0.1) is 37.1 Å². The van der Waals surface area contributed by atoms with Gasteiger partial charge in [0.05, 0.1) is 5.02 Å². The third kappa shape index (κ3) is 29.3. The smallest absolute Gasteiger partial charge is 0.162 e. The Morgan fingerprint density at radius 3 is 0.603 bits per heavy atom. The van der Waals surface area contributed by atoms with Crippen molar-refractivity contribution >= 4 is 23.2 Å². The predicted molar refractivity (Wildman–Crippen MR) is 514 cm³/mol. The summed E-state index contributed by atoms with van der Waals surface area (Å²) in [6.07, 6.45) is 0. The first-order valence-electron chi connectivity index (χ1n) is 45.3. The Kier molecular flexibility index (Phi) is 46.0. The molecule has 0 N–H and O–H groups in total. The van der Waals surface area contributed by atoms with E-state index >= 15 is 0 Å². The van der Waals surface area contributed by atoms with Gasteiger partial charge in [-0.05, 0) is 302 Å². The molecule has 7 aromatic carbocycles. The largest absolute Gasteiger partial charge is 0.207 e. The normalized spacial score (nSPS) is 11.9. The summed E-state index contributed by atoms with van der Waals surface area (Å²) in [5, 5.41) is 1.17. The molecule has 0 saturated heterocycles. The highest BCUT2D eigenvalue weighted by Crippen LogP contribution is 2.44. The molecule has 116 heavy (non-hydrogen) atoms. The number of aryl methyl sites for hydroxylation is 2. The summed E-state index contributed by atoms with van der Waals surface area (Å²) in [4.78, 5) is 0. The zero-order chi connectivity index (χ0) is 90.5. The van der Waals surface area contributed by atoms with Crippen LogP contribution in [-0.4, -0.2) is 0 Å². The highest BCUT2D eigenvalue weighted by Gasteiger charge is 2.28. The quantitative estimate of drug-likeness (QED) is 0.0594. The van der Waals surface area contributed by atoms with Crippen LogP contribution >= 0.6 is 23.2 Å². The van der Waals surface area contributed by atoms with Crippen LogP contribution in [0.15, 0.2) is 72.8 Å². The van der Waals surface area contributed by atoms with Crippen molar-refractivity contribution in [2.75, 3.05) is 0 Å². The topological polar surface area (TPSA) is 0 Å². The molecule has 7 rings (SSSR count). The van der Waals surface area contributed by atoms with Gasteiger partial charge >= 0.3 is 0 Å². The van der Waals surface area contributed by atoms with Gasteiger partial charge in [0.1, 0.15) is 11.6 Å². The summed E-state index contributed by atoms with van der Waals surface area (Å²) < 4.78 is 55.7. The molecule has 0 fully saturated rings. The monoisotopic (exact) mass is 1640 g/mol. The van der Waals surface area contributed by atoms with Gasteiger partial charge in [-0.3, -0.25) is 0 Å². The van der Waals surface area contributed by atoms with Crippen molar-refractivity contribution in [1.82, 2.24) is 0 Å². The van der Waals surface area contributed by atoms with Crippen molar-refractivity contribution in [2.45, 2.75) is 449 Å². The second-order valence-electron chi connectivity index (χ2n) is 40.2. The zero-order valence-corrected chi connectivity index (χ0v) is 84.4. The molecule has 0 aromatic heterocycles. The molecule has 0 spiro atoms. The number of hydrogen-bond acceptors (Lipinski definition) is 0. The highest BCUT2D eigenvalue weighted by atomic mass is 35.5. The van der Waals surface area contributed by atoms with Crippen LogP contribution in [0.25, 0.3) is 0 Å². The van der Waals surface area contributed by atoms with E-state index in [2.05, 4.69) is 312 Å². The van der Waals surface area contributed by atoms with E-state index in [1.807, 2.05) is 61.5 Å². The van der Waals surface area contributed by atoms with Gasteiger partial charge in [-0.25, -0.2) is 17.6 Å². The summed E-state index contributed by atoms with van der Waals surface area (Å²) in [5.41, 5.74) is 31.8. The van der Waals surface area contributed by atoms with Crippen LogP contribution in [-0.2, 0) is 0 Å². The van der Waals surface area contributed by atoms with Gasteiger partial charge in [-0.2, -0.15) is 0 Å². The van der Waals surface area contributed by atoms with E-state index in [1.54, 1.807) is 45.5 Å². The molecule has 0 bridgehead atoms. The summed E-state index contributed by atoms with van der Waals surface area (Å²) in [6, 6.07) is 24.9. The molecule has 0 aliphatic carbocycles. The Balaban J connectivity index is 0.000000677. The number of benzene rings is 7. The second kappa shape index (κ2) is 49.1. The van der Waals surface area contributed by atoms with E-state index in [1.165, 1.54) is 72.8 Å². The fraction of sp³-hybridized carbons (Fsp3) is 0.618. The third-order valence-corrected chi connectivity index (χ3v) is 23.3. The molecule has 6 heteroatoms. The van der Waals surface area contributed by atoms with Crippen molar-refractivity contribution < 1.29 is 17.6 Å². The van der Waals surface area contributed by atoms with E-state index in [-0.39, 0.29) is 46.2 Å². The molecule has 0 saturated carbocycles. The summed E-state index contributed by atoms with van der Waals surface area (Å²) in [5.74, 6) is 8.40. The number of hydrogen-bond donors (Lipinski definition) is 0. The maximum atomic E-state index is 14.2. The number of halogens is 6. The van der Waals surface area contributed by atoms with Crippen LogP contribution in [0.5, 0.6) is 0 Å². The second-order valence-corrected chi connectivity index (χ2v) is 41.0. The minimum absolute atomic E-state index is 0.000556. The van der Waals surface area contributed by atoms with Gasteiger partial charge in [-0.15, -0.1) is 0 Å². The molecular weight excluding hydrogens is 1470 g/mol. The Labute approximate surface area is 724 Å². The van der Waals surface area contributed by atoms with Gasteiger partial charge in [0.25, 0.3) is 0 Å². The molecule has 654 valence electrons. The predicted octanol–water partition coefficient (Wildman–Crippen LogP) is 39.0. The van der Waals surface area contributed by atoms with Crippen LogP contribution in [0.1, 0.15) is 568 Å². The van der Waals surface area contributed by atoms with Crippen molar-refractivity contribution in [3.8, 4) is 0 Å². The minimum atomic E-state index is -0.721. The molecule has 0 unspecified atom stereocenters. The number of rotatable bonds is 22. The van der Waals surface area contributed by atoms with Crippen molar-refractivity contribution in [3.05, 3.63) is 240 Å². The lowest BCUT2D eigenvalue weighted by molar-refractivity contribution is 0.486. The third-order valence-electron chi connectivity index (χ3n) is 22.7. The van der Waals surface area contributed by atoms with Crippen LogP contribution in [0.2, 0.25) is 10.0 Å². The fourth-order valence-corrected chi connectivity index (χ4v) is 18.4. The summed E-state index contributed by atoms with van der Waals surface area (Å²) in [6.45, 7) is 101. The van der Waals surface area contributed by atoms with Crippen molar-refractivity contribution in [2.24, 2.45) is 0 Å². The standard InChI is InChI=1S/C18H30.2C16H26.C15H22ClF.C15H23Cl.C15H22F2.C15H23F/c1-11(2)15-9-10-16(12(3)4)18(14(7)8)17(15)13(5)6;2*1-10(2)14-9-8-13(7)15(11(3)4)16(14)12(5)6;1-8(2)11-7-12(16)15(17)14(10(5)6)13(11)9(3)4;1-9(2)12-7-8-13(16)15(11(5)6)14(12)10(3)4;1-8(2)11-7-12(16)15(17)14(10(5)6)13(11)9(3)4;1-9(2)12-7-8-13(16)15(11(5)6)14(12)10(3)4/h9-14H,1-8H3;2*8-12H,1-7H3;7-10H,1-6H3;7-11H,1-6H3;7-10H,1-6H3;7-11H,1-6H3. The van der Waals surface area contributed by atoms with Crippen LogP contribution in [0.4, 0.5) is 17.6 Å². The average molecular weight is 1640 g/mol. The average Bonchev–Trinajstić information content (AvgIpc) is 0.803. The Morgan fingerprint density at radius 2 is 0.353 bits per heavy atom. The fourth-order valence-electron chi connectivity index (χ4n) is 17.8. The Bertz CT molecular complexity index is 3730. The van der Waals surface area contributed by atoms with Crippen LogP contribution < -0.4 is 0 Å². The Hall–Kier alpha value is -5.16. The lowest BCUT2D eigenvalue weighted by Gasteiger charge is -2.27. The molecule has 0 nitrogen and oxygen atoms in total. The van der Waals surface area contributed by atoms with E-state index in [0.29, 0.717) is 106 Å². The first-order valence-corrected chi connectivity index (χ1v) is 46.1. The first-order chi connectivity index (χ1) is 53.2. The van der Waals surface area contributed by atoms with Gasteiger partial charge < -0.3 is 0 Å². The van der Waals surface area contributed by atoms with E-state index < -0.39 is 11.6 Å². The van der Waals surface area contributed by atoms with Gasteiger partial charge in [0, 0.05) is 5.02 Å². The van der Waals surface area contributed by atoms with Gasteiger partial charge in [-0.1, -0.05) is 376 Å². The minimum Gasteiger partial charge on any atom is -0.207 e. The Morgan fingerprint density at radius 1 is 0.164 bits per heavy atom. The lowest BCUT2D eigenvalue weighted by atomic mass is 9.78. The lowest BCUT2D eigenvalue weighted by Crippen LogP contribution is -2.10. The van der Waals surface area contributed by atoms with E-state index in [4.69, 9.17) is 23.2 Å². The maximum Gasteiger partial charge on any atom is 0.162 e. The molecule has 7 aromatic rings. The summed E-state index contributed by atoms with van der Waals surface area (Å²) in [7, 11) is 0. The summed E-state index contributed by atoms with van der Waals surface area (Å²) >= 11 is 12.4. The van der Waals surface area contributed by atoms with Crippen LogP contribution in [0.3, 0.4) is 0 Å². The highest BCUT2D eigenvalue weighted by molar-refractivity contribution is 6.31. The van der Waals surface area contributed by atoms with Crippen molar-refractivity contribution in [1.29, 1.82) is 0 Å². The molecule has 0 radical (unpaired) electrons. The van der Waals surface area contributed by atoms with Gasteiger partial charge in [0.15, 0.2) is 11.6 Å². The zero-order valence-electron chi connectivity index (χ0n) is 82.9. The van der Waals surface area contributed by atoms with E-state index in [0.717, 1.165) is 32.8 Å².